The maximum atomic E-state index is 12.8. The Bertz CT molecular complexity index is 1320. The van der Waals surface area contributed by atoms with Gasteiger partial charge in [0.1, 0.15) is 5.75 Å². The number of aryl methyl sites for hydroxylation is 1. The predicted octanol–water partition coefficient (Wildman–Crippen LogP) is 4.90. The Labute approximate surface area is 202 Å². The molecule has 0 bridgehead atoms. The minimum Gasteiger partial charge on any atom is -0.475 e. The van der Waals surface area contributed by atoms with E-state index < -0.39 is 0 Å². The van der Waals surface area contributed by atoms with Crippen molar-refractivity contribution in [2.24, 2.45) is 7.05 Å². The fourth-order valence-electron chi connectivity index (χ4n) is 3.16. The first kappa shape index (κ1) is 23.5. The zero-order valence-corrected chi connectivity index (χ0v) is 19.6. The van der Waals surface area contributed by atoms with E-state index in [1.165, 1.54) is 6.07 Å². The number of amides is 2. The van der Waals surface area contributed by atoms with Gasteiger partial charge in [0.2, 0.25) is 11.8 Å². The largest absolute Gasteiger partial charge is 0.475 e. The molecule has 2 aromatic carbocycles. The molecule has 0 saturated carbocycles. The molecular formula is C26H25N5O4. The van der Waals surface area contributed by atoms with Gasteiger partial charge in [0.05, 0.1) is 11.7 Å². The first-order valence-corrected chi connectivity index (χ1v) is 11.0. The zero-order chi connectivity index (χ0) is 24.8. The summed E-state index contributed by atoms with van der Waals surface area (Å²) in [6.45, 7) is 3.73. The number of aromatic nitrogens is 3. The van der Waals surface area contributed by atoms with Gasteiger partial charge in [-0.3, -0.25) is 14.3 Å². The Kier molecular flexibility index (Phi) is 7.06. The second-order valence-corrected chi connectivity index (χ2v) is 7.97. The third-order valence-electron chi connectivity index (χ3n) is 4.72. The van der Waals surface area contributed by atoms with Crippen LogP contribution < -0.4 is 20.1 Å². The molecule has 0 aliphatic carbocycles. The molecule has 35 heavy (non-hydrogen) atoms. The summed E-state index contributed by atoms with van der Waals surface area (Å²) in [5.74, 6) is 0.779. The Morgan fingerprint density at radius 1 is 0.857 bits per heavy atom. The van der Waals surface area contributed by atoms with Crippen molar-refractivity contribution < 1.29 is 19.1 Å². The molecule has 0 aliphatic rings. The number of benzene rings is 2. The fraction of sp³-hybridized carbons (Fsp3) is 0.154. The molecule has 0 fully saturated rings. The highest BCUT2D eigenvalue weighted by molar-refractivity contribution is 6.04. The SMILES string of the molecule is CC(C)Oc1cc(C(=O)Nc2ccn(C)n2)cc(Oc2ccc(NC(=O)c3ccccc3)cc2)n1. The number of carbonyl (C=O) groups is 2. The van der Waals surface area contributed by atoms with Crippen LogP contribution in [0.25, 0.3) is 0 Å². The minimum absolute atomic E-state index is 0.142. The summed E-state index contributed by atoms with van der Waals surface area (Å²) < 4.78 is 13.2. The van der Waals surface area contributed by atoms with Crippen LogP contribution in [0.4, 0.5) is 11.5 Å². The number of rotatable bonds is 8. The molecule has 4 rings (SSSR count). The van der Waals surface area contributed by atoms with Crippen LogP contribution in [-0.2, 0) is 7.05 Å². The van der Waals surface area contributed by atoms with Crippen molar-refractivity contribution in [1.82, 2.24) is 14.8 Å². The quantitative estimate of drug-likeness (QED) is 0.379. The average Bonchev–Trinajstić information content (AvgIpc) is 3.24. The van der Waals surface area contributed by atoms with E-state index in [-0.39, 0.29) is 29.7 Å². The highest BCUT2D eigenvalue weighted by Gasteiger charge is 2.15. The third kappa shape index (κ3) is 6.44. The van der Waals surface area contributed by atoms with Crippen LogP contribution in [0.3, 0.4) is 0 Å². The lowest BCUT2D eigenvalue weighted by atomic mass is 10.2. The van der Waals surface area contributed by atoms with Crippen LogP contribution in [0.1, 0.15) is 34.6 Å². The fourth-order valence-corrected chi connectivity index (χ4v) is 3.16. The Balaban J connectivity index is 1.49. The van der Waals surface area contributed by atoms with Crippen LogP contribution in [0, 0.1) is 0 Å². The summed E-state index contributed by atoms with van der Waals surface area (Å²) in [6, 6.07) is 20.6. The highest BCUT2D eigenvalue weighted by atomic mass is 16.5. The molecule has 2 N–H and O–H groups in total. The Hall–Kier alpha value is -4.66. The minimum atomic E-state index is -0.372. The molecular weight excluding hydrogens is 446 g/mol. The first-order valence-electron chi connectivity index (χ1n) is 11.0. The number of ether oxygens (including phenoxy) is 2. The number of hydrogen-bond donors (Lipinski definition) is 2. The van der Waals surface area contributed by atoms with Gasteiger partial charge in [0.15, 0.2) is 5.82 Å². The molecule has 2 heterocycles. The molecule has 0 unspecified atom stereocenters. The van der Waals surface area contributed by atoms with Gasteiger partial charge >= 0.3 is 0 Å². The van der Waals surface area contributed by atoms with Crippen LogP contribution in [0.2, 0.25) is 0 Å². The van der Waals surface area contributed by atoms with Gasteiger partial charge in [-0.25, -0.2) is 0 Å². The van der Waals surface area contributed by atoms with Crippen LogP contribution in [-0.4, -0.2) is 32.7 Å². The highest BCUT2D eigenvalue weighted by Crippen LogP contribution is 2.26. The number of carbonyl (C=O) groups excluding carboxylic acids is 2. The normalized spacial score (nSPS) is 10.6. The first-order chi connectivity index (χ1) is 16.9. The maximum absolute atomic E-state index is 12.8. The summed E-state index contributed by atoms with van der Waals surface area (Å²) in [5.41, 5.74) is 1.49. The molecule has 9 heteroatoms. The molecule has 2 aromatic heterocycles. The van der Waals surface area contributed by atoms with E-state index in [0.717, 1.165) is 0 Å². The van der Waals surface area contributed by atoms with E-state index in [1.54, 1.807) is 78.6 Å². The predicted molar refractivity (Wildman–Crippen MR) is 132 cm³/mol. The van der Waals surface area contributed by atoms with Gasteiger partial charge in [0, 0.05) is 42.7 Å². The summed E-state index contributed by atoms with van der Waals surface area (Å²) in [7, 11) is 1.76. The summed E-state index contributed by atoms with van der Waals surface area (Å²) in [5, 5.41) is 9.74. The van der Waals surface area contributed by atoms with Crippen LogP contribution in [0.15, 0.2) is 79.0 Å². The van der Waals surface area contributed by atoms with Crippen molar-refractivity contribution in [1.29, 1.82) is 0 Å². The second kappa shape index (κ2) is 10.5. The number of nitrogens with one attached hydrogen (secondary N) is 2. The molecule has 0 spiro atoms. The van der Waals surface area contributed by atoms with Crippen molar-refractivity contribution in [3.8, 4) is 17.5 Å². The standard InChI is InChI=1S/C26H25N5O4/c1-17(2)34-23-15-19(26(33)28-22-13-14-31(3)30-22)16-24(29-23)35-21-11-9-20(10-12-21)27-25(32)18-7-5-4-6-8-18/h4-17H,1-3H3,(H,27,32)(H,28,30,33). The van der Waals surface area contributed by atoms with Gasteiger partial charge in [-0.1, -0.05) is 18.2 Å². The lowest BCUT2D eigenvalue weighted by Gasteiger charge is -2.13. The smallest absolute Gasteiger partial charge is 0.257 e. The van der Waals surface area contributed by atoms with E-state index in [9.17, 15) is 9.59 Å². The van der Waals surface area contributed by atoms with Crippen molar-refractivity contribution in [2.45, 2.75) is 20.0 Å². The third-order valence-corrected chi connectivity index (χ3v) is 4.72. The zero-order valence-electron chi connectivity index (χ0n) is 19.6. The van der Waals surface area contributed by atoms with Crippen molar-refractivity contribution in [2.75, 3.05) is 10.6 Å². The Morgan fingerprint density at radius 3 is 2.20 bits per heavy atom. The lowest BCUT2D eigenvalue weighted by Crippen LogP contribution is -2.14. The molecule has 0 saturated heterocycles. The number of pyridine rings is 1. The van der Waals surface area contributed by atoms with Crippen molar-refractivity contribution in [3.05, 3.63) is 90.1 Å². The van der Waals surface area contributed by atoms with Gasteiger partial charge in [-0.05, 0) is 50.2 Å². The molecule has 0 atom stereocenters. The second-order valence-electron chi connectivity index (χ2n) is 7.97. The van der Waals surface area contributed by atoms with Crippen molar-refractivity contribution in [3.63, 3.8) is 0 Å². The molecule has 178 valence electrons. The molecule has 0 aliphatic heterocycles. The number of hydrogen-bond acceptors (Lipinski definition) is 6. The van der Waals surface area contributed by atoms with E-state index in [4.69, 9.17) is 9.47 Å². The summed E-state index contributed by atoms with van der Waals surface area (Å²) >= 11 is 0. The lowest BCUT2D eigenvalue weighted by molar-refractivity contribution is 0.101. The molecule has 9 nitrogen and oxygen atoms in total. The van der Waals surface area contributed by atoms with Crippen molar-refractivity contribution >= 4 is 23.3 Å². The number of anilines is 2. The Morgan fingerprint density at radius 2 is 1.54 bits per heavy atom. The molecule has 4 aromatic rings. The monoisotopic (exact) mass is 471 g/mol. The van der Waals surface area contributed by atoms with E-state index in [0.29, 0.717) is 28.4 Å². The summed E-state index contributed by atoms with van der Waals surface area (Å²) in [6.07, 6.45) is 1.59. The average molecular weight is 472 g/mol. The number of nitrogens with zero attached hydrogens (tertiary/aromatic N) is 3. The maximum Gasteiger partial charge on any atom is 0.257 e. The molecule has 2 amide bonds. The van der Waals surface area contributed by atoms with Gasteiger partial charge < -0.3 is 20.1 Å². The van der Waals surface area contributed by atoms with Gasteiger partial charge in [0.25, 0.3) is 11.8 Å². The van der Waals surface area contributed by atoms with E-state index in [2.05, 4.69) is 20.7 Å². The van der Waals surface area contributed by atoms with Crippen LogP contribution >= 0.6 is 0 Å². The van der Waals surface area contributed by atoms with E-state index in [1.807, 2.05) is 19.9 Å². The van der Waals surface area contributed by atoms with Gasteiger partial charge in [-0.15, -0.1) is 0 Å². The summed E-state index contributed by atoms with van der Waals surface area (Å²) in [4.78, 5) is 29.5. The van der Waals surface area contributed by atoms with E-state index >= 15 is 0 Å². The van der Waals surface area contributed by atoms with Gasteiger partial charge in [-0.2, -0.15) is 10.1 Å². The molecule has 0 radical (unpaired) electrons. The van der Waals surface area contributed by atoms with Crippen LogP contribution in [0.5, 0.6) is 17.5 Å². The topological polar surface area (TPSA) is 107 Å².